The second-order valence-electron chi connectivity index (χ2n) is 5.60. The van der Waals surface area contributed by atoms with Gasteiger partial charge < -0.3 is 10.3 Å². The number of hydrogen-bond donors (Lipinski definition) is 2. The topological polar surface area (TPSA) is 88.9 Å². The number of rotatable bonds is 5. The number of aryl methyl sites for hydroxylation is 1. The van der Waals surface area contributed by atoms with Crippen LogP contribution in [-0.4, -0.2) is 17.1 Å². The maximum atomic E-state index is 8.47. The predicted molar refractivity (Wildman–Crippen MR) is 110 cm³/mol. The Bertz CT molecular complexity index is 841. The minimum Gasteiger partial charge on any atom is -0.399 e. The van der Waals surface area contributed by atoms with Gasteiger partial charge in [-0.2, -0.15) is 9.59 Å². The van der Waals surface area contributed by atoms with Crippen molar-refractivity contribution in [1.82, 2.24) is 4.57 Å². The van der Waals surface area contributed by atoms with Crippen molar-refractivity contribution in [2.75, 3.05) is 6.38 Å². The van der Waals surface area contributed by atoms with Crippen LogP contribution in [0.15, 0.2) is 43.1 Å². The molecule has 0 radical (unpaired) electrons. The molecule has 0 fully saturated rings. The van der Waals surface area contributed by atoms with Gasteiger partial charge in [0.05, 0.1) is 11.1 Å². The van der Waals surface area contributed by atoms with Gasteiger partial charge >= 0.3 is 6.15 Å². The Balaban J connectivity index is 0.00000123. The van der Waals surface area contributed by atoms with E-state index in [1.165, 1.54) is 17.5 Å². The molecule has 27 heavy (non-hydrogen) atoms. The molecule has 0 saturated carbocycles. The van der Waals surface area contributed by atoms with Crippen LogP contribution in [-0.2, 0) is 9.59 Å². The van der Waals surface area contributed by atoms with E-state index < -0.39 is 0 Å². The van der Waals surface area contributed by atoms with E-state index >= 15 is 0 Å². The molecule has 7 heteroatoms. The summed E-state index contributed by atoms with van der Waals surface area (Å²) in [7, 11) is 0. The number of halogens is 2. The van der Waals surface area contributed by atoms with Gasteiger partial charge in [0.2, 0.25) is 0 Å². The molecule has 0 amide bonds. The van der Waals surface area contributed by atoms with Crippen molar-refractivity contribution in [3.8, 4) is 0 Å². The fraction of sp³-hybridized carbons (Fsp3) is 0.300. The van der Waals surface area contributed by atoms with Crippen LogP contribution in [0, 0.1) is 12.3 Å². The highest BCUT2D eigenvalue weighted by molar-refractivity contribution is 6.30. The van der Waals surface area contributed by atoms with Crippen LogP contribution in [0.1, 0.15) is 42.5 Å². The summed E-state index contributed by atoms with van der Waals surface area (Å²) < 4.78 is 1.90. The van der Waals surface area contributed by atoms with Crippen molar-refractivity contribution in [2.45, 2.75) is 32.7 Å². The highest BCUT2D eigenvalue weighted by atomic mass is 35.5. The van der Waals surface area contributed by atoms with Crippen LogP contribution in [0.2, 0.25) is 5.02 Å². The molecule has 1 aromatic carbocycles. The van der Waals surface area contributed by atoms with E-state index in [-0.39, 0.29) is 12.2 Å². The normalized spacial score (nSPS) is 10.4. The molecule has 0 aliphatic heterocycles. The van der Waals surface area contributed by atoms with Crippen molar-refractivity contribution in [3.05, 3.63) is 70.3 Å². The molecule has 1 heterocycles. The first-order valence-electron chi connectivity index (χ1n) is 8.20. The van der Waals surface area contributed by atoms with Crippen LogP contribution >= 0.6 is 23.2 Å². The summed E-state index contributed by atoms with van der Waals surface area (Å²) in [4.78, 5) is 16.2. The van der Waals surface area contributed by atoms with Crippen molar-refractivity contribution in [3.63, 3.8) is 0 Å². The Labute approximate surface area is 169 Å². The number of hydrogen-bond acceptors (Lipinski definition) is 4. The second kappa shape index (κ2) is 12.9. The van der Waals surface area contributed by atoms with Gasteiger partial charge in [0.25, 0.3) is 0 Å². The Hall–Kier alpha value is -2.33. The lowest BCUT2D eigenvalue weighted by atomic mass is 9.97. The van der Waals surface area contributed by atoms with Crippen LogP contribution in [0.4, 0.5) is 0 Å². The third-order valence-electron chi connectivity index (χ3n) is 3.85. The number of pyridine rings is 1. The summed E-state index contributed by atoms with van der Waals surface area (Å²) in [5, 5.41) is 9.03. The number of aromatic nitrogens is 1. The molecule has 2 rings (SSSR count). The molecule has 1 unspecified atom stereocenters. The number of carbonyl (C=O) groups excluding carboxylic acids is 2. The lowest BCUT2D eigenvalue weighted by molar-refractivity contribution is -0.191. The van der Waals surface area contributed by atoms with Crippen LogP contribution < -0.4 is 11.2 Å². The lowest BCUT2D eigenvalue weighted by Gasteiger charge is -2.24. The molecule has 3 N–H and O–H groups in total. The zero-order valence-corrected chi connectivity index (χ0v) is 17.3. The first kappa shape index (κ1) is 24.7. The first-order valence-corrected chi connectivity index (χ1v) is 9.34. The average Bonchev–Trinajstić information content (AvgIpc) is 2.64. The molecule has 0 saturated heterocycles. The van der Waals surface area contributed by atoms with E-state index in [4.69, 9.17) is 32.3 Å². The Kier molecular flexibility index (Phi) is 11.8. The van der Waals surface area contributed by atoms with Gasteiger partial charge in [-0.1, -0.05) is 55.8 Å². The Morgan fingerprint density at radius 2 is 1.89 bits per heavy atom. The van der Waals surface area contributed by atoms with E-state index in [2.05, 4.69) is 44.2 Å². The van der Waals surface area contributed by atoms with Gasteiger partial charge in [-0.3, -0.25) is 5.41 Å². The molecule has 0 aliphatic carbocycles. The number of nitrogens with two attached hydrogens (primary N) is 1. The van der Waals surface area contributed by atoms with Crippen molar-refractivity contribution < 1.29 is 9.59 Å². The van der Waals surface area contributed by atoms with Gasteiger partial charge in [0.15, 0.2) is 0 Å². The van der Waals surface area contributed by atoms with Crippen LogP contribution in [0.5, 0.6) is 0 Å². The van der Waals surface area contributed by atoms with E-state index in [1.54, 1.807) is 6.07 Å². The van der Waals surface area contributed by atoms with E-state index in [0.717, 1.165) is 12.8 Å². The highest BCUT2D eigenvalue weighted by Crippen LogP contribution is 2.26. The molecule has 1 aromatic heterocycles. The first-order chi connectivity index (χ1) is 12.9. The number of alkyl halides is 1. The molecule has 146 valence electrons. The maximum absolute atomic E-state index is 8.47. The zero-order valence-electron chi connectivity index (χ0n) is 15.8. The molecule has 0 aliphatic rings. The van der Waals surface area contributed by atoms with Gasteiger partial charge in [-0.25, -0.2) is 0 Å². The van der Waals surface area contributed by atoms with Gasteiger partial charge in [0, 0.05) is 23.8 Å². The molecule has 0 bridgehead atoms. The molecule has 1 atom stereocenters. The third-order valence-corrected chi connectivity index (χ3v) is 4.06. The Morgan fingerprint density at radius 1 is 1.33 bits per heavy atom. The summed E-state index contributed by atoms with van der Waals surface area (Å²) in [6.45, 7) is 7.98. The maximum Gasteiger partial charge on any atom is 0.373 e. The smallest absolute Gasteiger partial charge is 0.373 e. The van der Waals surface area contributed by atoms with Crippen LogP contribution in [0.25, 0.3) is 5.70 Å². The highest BCUT2D eigenvalue weighted by Gasteiger charge is 2.17. The Morgan fingerprint density at radius 3 is 2.37 bits per heavy atom. The molecule has 2 aromatic rings. The van der Waals surface area contributed by atoms with E-state index in [1.807, 2.05) is 22.9 Å². The second-order valence-corrected chi connectivity index (χ2v) is 6.03. The number of nitrogens with zero attached hydrogens (tertiary/aromatic N) is 1. The van der Waals surface area contributed by atoms with Crippen LogP contribution in [0.3, 0.4) is 0 Å². The van der Waals surface area contributed by atoms with Gasteiger partial charge in [0.1, 0.15) is 5.49 Å². The van der Waals surface area contributed by atoms with Crippen molar-refractivity contribution in [2.24, 2.45) is 5.73 Å². The van der Waals surface area contributed by atoms with Gasteiger partial charge in [-0.05, 0) is 30.5 Å². The summed E-state index contributed by atoms with van der Waals surface area (Å²) in [6.07, 6.45) is 5.47. The van der Waals surface area contributed by atoms with E-state index in [9.17, 15) is 0 Å². The minimum atomic E-state index is 0.0653. The quantitative estimate of drug-likeness (QED) is 0.711. The lowest BCUT2D eigenvalue weighted by Crippen LogP contribution is -2.29. The SMILES string of the molecule is C=C(N)c1cc(Cl)cn(C(CCC)c2ccccc2C)c1=N.CCl.O=C=O. The largest absolute Gasteiger partial charge is 0.399 e. The zero-order chi connectivity index (χ0) is 21.0. The monoisotopic (exact) mass is 409 g/mol. The van der Waals surface area contributed by atoms with Crippen molar-refractivity contribution >= 4 is 35.1 Å². The molecular weight excluding hydrogens is 385 g/mol. The molecular formula is C20H25Cl2N3O2. The fourth-order valence-electron chi connectivity index (χ4n) is 2.75. The van der Waals surface area contributed by atoms with Gasteiger partial charge in [-0.15, -0.1) is 11.6 Å². The standard InChI is InChI=1S/C18H22ClN3.CH3Cl.CO2/c1-4-7-17(15-9-6-5-8-12(15)2)22-11-14(19)10-16(13(3)20)18(22)21;1-2;2-1-3/h5-6,8-11,17,21H,3-4,7,20H2,1-2H3;1H3;. The fourth-order valence-corrected chi connectivity index (χ4v) is 2.96. The summed E-state index contributed by atoms with van der Waals surface area (Å²) in [6, 6.07) is 10.0. The summed E-state index contributed by atoms with van der Waals surface area (Å²) >= 11 is 10.9. The predicted octanol–water partition coefficient (Wildman–Crippen LogP) is 4.52. The summed E-state index contributed by atoms with van der Waals surface area (Å²) in [5.41, 5.74) is 9.52. The average molecular weight is 410 g/mol. The minimum absolute atomic E-state index is 0.0653. The molecule has 5 nitrogen and oxygen atoms in total. The van der Waals surface area contributed by atoms with Crippen molar-refractivity contribution in [1.29, 1.82) is 5.41 Å². The third kappa shape index (κ3) is 7.06. The van der Waals surface area contributed by atoms with E-state index in [0.29, 0.717) is 21.8 Å². The number of nitrogens with one attached hydrogen (secondary N) is 1. The summed E-state index contributed by atoms with van der Waals surface area (Å²) in [5.74, 6) is 0. The molecule has 0 spiro atoms. The number of benzene rings is 1.